The normalized spacial score (nSPS) is 22.0. The lowest BCUT2D eigenvalue weighted by molar-refractivity contribution is -0.138. The topological polar surface area (TPSA) is 82.8 Å². The zero-order valence-electron chi connectivity index (χ0n) is 13.3. The second-order valence-electron chi connectivity index (χ2n) is 6.15. The number of nitrogens with zero attached hydrogens (tertiary/aromatic N) is 1. The van der Waals surface area contributed by atoms with Gasteiger partial charge in [0.1, 0.15) is 11.8 Å². The fraction of sp³-hybridized carbons (Fsp3) is 0.625. The van der Waals surface area contributed by atoms with Crippen LogP contribution in [0.5, 0.6) is 0 Å². The van der Waals surface area contributed by atoms with E-state index < -0.39 is 17.9 Å². The molecule has 1 aromatic heterocycles. The van der Waals surface area contributed by atoms with Gasteiger partial charge in [-0.1, -0.05) is 6.92 Å². The Hall–Kier alpha value is -1.82. The Morgan fingerprint density at radius 3 is 2.77 bits per heavy atom. The first kappa shape index (κ1) is 16.5. The molecule has 0 radical (unpaired) electrons. The van der Waals surface area contributed by atoms with E-state index in [1.807, 2.05) is 0 Å². The third-order valence-corrected chi connectivity index (χ3v) is 4.22. The molecule has 1 amide bonds. The van der Waals surface area contributed by atoms with Crippen molar-refractivity contribution < 1.29 is 19.1 Å². The molecule has 0 saturated carbocycles. The molecule has 22 heavy (non-hydrogen) atoms. The molecule has 1 aliphatic heterocycles. The Labute approximate surface area is 130 Å². The number of amides is 1. The summed E-state index contributed by atoms with van der Waals surface area (Å²) in [6, 6.07) is 2.57. The van der Waals surface area contributed by atoms with E-state index in [4.69, 9.17) is 9.52 Å². The average molecular weight is 308 g/mol. The van der Waals surface area contributed by atoms with E-state index in [0.29, 0.717) is 5.92 Å². The lowest BCUT2D eigenvalue weighted by Crippen LogP contribution is -2.38. The molecule has 1 aromatic rings. The van der Waals surface area contributed by atoms with Crippen LogP contribution in [-0.2, 0) is 4.79 Å². The van der Waals surface area contributed by atoms with Gasteiger partial charge in [-0.2, -0.15) is 0 Å². The molecule has 2 heterocycles. The highest BCUT2D eigenvalue weighted by molar-refractivity contribution is 5.94. The van der Waals surface area contributed by atoms with Gasteiger partial charge in [0.2, 0.25) is 0 Å². The summed E-state index contributed by atoms with van der Waals surface area (Å²) in [5.41, 5.74) is 0. The van der Waals surface area contributed by atoms with Gasteiger partial charge in [0.25, 0.3) is 5.91 Å². The van der Waals surface area contributed by atoms with Crippen LogP contribution in [0.4, 0.5) is 0 Å². The lowest BCUT2D eigenvalue weighted by Gasteiger charge is -2.34. The van der Waals surface area contributed by atoms with Crippen molar-refractivity contribution in [1.82, 2.24) is 10.2 Å². The number of hydrogen-bond donors (Lipinski definition) is 2. The number of rotatable bonds is 5. The maximum atomic E-state index is 11.9. The Kier molecular flexibility index (Phi) is 5.24. The van der Waals surface area contributed by atoms with Gasteiger partial charge in [0, 0.05) is 6.54 Å². The van der Waals surface area contributed by atoms with Crippen molar-refractivity contribution in [1.29, 1.82) is 0 Å². The minimum atomic E-state index is -1.07. The summed E-state index contributed by atoms with van der Waals surface area (Å²) in [6.45, 7) is 7.79. The van der Waals surface area contributed by atoms with Crippen LogP contribution in [0.2, 0.25) is 0 Å². The summed E-state index contributed by atoms with van der Waals surface area (Å²) >= 11 is 0. The summed E-state index contributed by atoms with van der Waals surface area (Å²) in [4.78, 5) is 25.1. The van der Waals surface area contributed by atoms with E-state index >= 15 is 0 Å². The Morgan fingerprint density at radius 2 is 2.14 bits per heavy atom. The third-order valence-electron chi connectivity index (χ3n) is 4.22. The molecular weight excluding hydrogens is 284 g/mol. The maximum absolute atomic E-state index is 11.9. The molecule has 1 aliphatic rings. The van der Waals surface area contributed by atoms with Gasteiger partial charge in [-0.3, -0.25) is 14.5 Å². The number of carbonyl (C=O) groups excluding carboxylic acids is 1. The van der Waals surface area contributed by atoms with Crippen molar-refractivity contribution in [2.45, 2.75) is 45.7 Å². The molecule has 3 unspecified atom stereocenters. The number of nitrogens with one attached hydrogen (secondary N) is 1. The van der Waals surface area contributed by atoms with Crippen LogP contribution in [-0.4, -0.2) is 41.0 Å². The Balaban J connectivity index is 2.01. The van der Waals surface area contributed by atoms with E-state index in [1.165, 1.54) is 19.8 Å². The number of likely N-dealkylation sites (tertiary alicyclic amines) is 1. The summed E-state index contributed by atoms with van der Waals surface area (Å²) in [7, 11) is 0. The van der Waals surface area contributed by atoms with Crippen molar-refractivity contribution in [3.8, 4) is 0 Å². The molecule has 122 valence electrons. The average Bonchev–Trinajstić information content (AvgIpc) is 2.96. The monoisotopic (exact) mass is 308 g/mol. The predicted octanol–water partition coefficient (Wildman–Crippen LogP) is 2.28. The fourth-order valence-electron chi connectivity index (χ4n) is 2.79. The van der Waals surface area contributed by atoms with E-state index in [9.17, 15) is 9.59 Å². The summed E-state index contributed by atoms with van der Waals surface area (Å²) in [6.07, 6.45) is 2.43. The van der Waals surface area contributed by atoms with Gasteiger partial charge in [-0.15, -0.1) is 0 Å². The van der Waals surface area contributed by atoms with Gasteiger partial charge in [0.15, 0.2) is 5.76 Å². The number of piperidine rings is 1. The zero-order chi connectivity index (χ0) is 16.3. The second kappa shape index (κ2) is 6.96. The van der Waals surface area contributed by atoms with Gasteiger partial charge in [-0.05, 0) is 51.3 Å². The molecule has 2 rings (SSSR count). The van der Waals surface area contributed by atoms with E-state index in [2.05, 4.69) is 24.1 Å². The largest absolute Gasteiger partial charge is 0.480 e. The number of aliphatic carboxylic acids is 1. The Morgan fingerprint density at radius 1 is 1.41 bits per heavy atom. The predicted molar refractivity (Wildman–Crippen MR) is 81.7 cm³/mol. The number of carboxylic acids is 1. The van der Waals surface area contributed by atoms with E-state index in [1.54, 1.807) is 12.1 Å². The van der Waals surface area contributed by atoms with Crippen molar-refractivity contribution in [3.63, 3.8) is 0 Å². The fourth-order valence-corrected chi connectivity index (χ4v) is 2.79. The molecule has 0 aromatic carbocycles. The third kappa shape index (κ3) is 3.88. The standard InChI is InChI=1S/C16H24N2O4/c1-10-5-4-8-18(9-10)12(3)13-6-7-14(22-13)15(19)17-11(2)16(20)21/h6-7,10-12H,4-5,8-9H2,1-3H3,(H,17,19)(H,20,21). The highest BCUT2D eigenvalue weighted by Gasteiger charge is 2.25. The zero-order valence-corrected chi connectivity index (χ0v) is 13.3. The molecule has 1 fully saturated rings. The molecule has 3 atom stereocenters. The number of hydrogen-bond acceptors (Lipinski definition) is 4. The highest BCUT2D eigenvalue weighted by atomic mass is 16.4. The molecule has 6 nitrogen and oxygen atoms in total. The molecule has 0 bridgehead atoms. The van der Waals surface area contributed by atoms with Crippen LogP contribution < -0.4 is 5.32 Å². The molecule has 1 saturated heterocycles. The molecule has 0 spiro atoms. The number of furan rings is 1. The minimum Gasteiger partial charge on any atom is -0.480 e. The van der Waals surface area contributed by atoms with Gasteiger partial charge in [0.05, 0.1) is 6.04 Å². The lowest BCUT2D eigenvalue weighted by atomic mass is 9.98. The summed E-state index contributed by atoms with van der Waals surface area (Å²) in [5.74, 6) is -0.0104. The molecule has 2 N–H and O–H groups in total. The van der Waals surface area contributed by atoms with Crippen LogP contribution in [0.1, 0.15) is 56.0 Å². The van der Waals surface area contributed by atoms with Crippen LogP contribution in [0.15, 0.2) is 16.5 Å². The van der Waals surface area contributed by atoms with Crippen molar-refractivity contribution in [2.24, 2.45) is 5.92 Å². The summed E-state index contributed by atoms with van der Waals surface area (Å²) < 4.78 is 5.63. The highest BCUT2D eigenvalue weighted by Crippen LogP contribution is 2.27. The van der Waals surface area contributed by atoms with Crippen LogP contribution in [0.3, 0.4) is 0 Å². The minimum absolute atomic E-state index is 0.112. The number of carboxylic acid groups (broad SMARTS) is 1. The van der Waals surface area contributed by atoms with Gasteiger partial charge >= 0.3 is 5.97 Å². The van der Waals surface area contributed by atoms with Crippen molar-refractivity contribution in [3.05, 3.63) is 23.7 Å². The van der Waals surface area contributed by atoms with Crippen LogP contribution in [0.25, 0.3) is 0 Å². The molecular formula is C16H24N2O4. The SMILES string of the molecule is CC1CCCN(C(C)c2ccc(C(=O)NC(C)C(=O)O)o2)C1. The first-order valence-corrected chi connectivity index (χ1v) is 7.76. The van der Waals surface area contributed by atoms with Gasteiger partial charge < -0.3 is 14.8 Å². The van der Waals surface area contributed by atoms with E-state index in [0.717, 1.165) is 18.8 Å². The maximum Gasteiger partial charge on any atom is 0.325 e. The molecule has 0 aliphatic carbocycles. The number of carbonyl (C=O) groups is 2. The van der Waals surface area contributed by atoms with Crippen molar-refractivity contribution >= 4 is 11.9 Å². The van der Waals surface area contributed by atoms with Gasteiger partial charge in [-0.25, -0.2) is 0 Å². The Bertz CT molecular complexity index is 540. The van der Waals surface area contributed by atoms with E-state index in [-0.39, 0.29) is 11.8 Å². The molecule has 6 heteroatoms. The quantitative estimate of drug-likeness (QED) is 0.872. The smallest absolute Gasteiger partial charge is 0.325 e. The summed E-state index contributed by atoms with van der Waals surface area (Å²) in [5, 5.41) is 11.2. The van der Waals surface area contributed by atoms with Crippen LogP contribution in [0, 0.1) is 5.92 Å². The van der Waals surface area contributed by atoms with Crippen molar-refractivity contribution in [2.75, 3.05) is 13.1 Å². The first-order valence-electron chi connectivity index (χ1n) is 7.76. The van der Waals surface area contributed by atoms with Crippen LogP contribution >= 0.6 is 0 Å². The second-order valence-corrected chi connectivity index (χ2v) is 6.15. The first-order chi connectivity index (χ1) is 10.4.